The van der Waals surface area contributed by atoms with Crippen LogP contribution >= 0.6 is 0 Å². The minimum Gasteiger partial charge on any atom is -0.478 e. The van der Waals surface area contributed by atoms with Crippen LogP contribution in [0.2, 0.25) is 0 Å². The fourth-order valence-corrected chi connectivity index (χ4v) is 0.318. The average molecular weight is 229 g/mol. The zero-order valence-electron chi connectivity index (χ0n) is 8.12. The lowest BCUT2D eigenvalue weighted by Gasteiger charge is -1.76. The van der Waals surface area contributed by atoms with Crippen LogP contribution in [0.25, 0.3) is 0 Å². The summed E-state index contributed by atoms with van der Waals surface area (Å²) in [6.07, 6.45) is 3.27. The van der Waals surface area contributed by atoms with E-state index >= 15 is 0 Å². The third-order valence-electron chi connectivity index (χ3n) is 0.802. The van der Waals surface area contributed by atoms with Crippen molar-refractivity contribution in [3.63, 3.8) is 0 Å². The number of hydrogen-bond acceptors (Lipinski definition) is 4. The molecule has 0 atom stereocenters. The standard InChI is InChI=1S/C4H6N2O2.C4H5NO3/c5-3(7)1-2-4(6)8;5-3(6)1-2-4(7)8/h1-2H,(H2,5,7)(H2,6,8);1-2H,(H2,5,6)(H,7,8)/b2*2-1+. The lowest BCUT2D eigenvalue weighted by Crippen LogP contribution is -2.10. The molecule has 0 bridgehead atoms. The second kappa shape index (κ2) is 8.94. The topological polar surface area (TPSA) is 167 Å². The van der Waals surface area contributed by atoms with Gasteiger partial charge in [-0.1, -0.05) is 0 Å². The van der Waals surface area contributed by atoms with Crippen molar-refractivity contribution in [1.29, 1.82) is 0 Å². The van der Waals surface area contributed by atoms with Crippen LogP contribution in [0.3, 0.4) is 0 Å². The van der Waals surface area contributed by atoms with Crippen molar-refractivity contribution in [3.8, 4) is 0 Å². The predicted molar refractivity (Wildman–Crippen MR) is 53.5 cm³/mol. The molecule has 0 saturated carbocycles. The Morgan fingerprint density at radius 2 is 0.938 bits per heavy atom. The van der Waals surface area contributed by atoms with E-state index in [-0.39, 0.29) is 0 Å². The maximum Gasteiger partial charge on any atom is 0.328 e. The van der Waals surface area contributed by atoms with Crippen molar-refractivity contribution in [3.05, 3.63) is 24.3 Å². The summed E-state index contributed by atoms with van der Waals surface area (Å²) < 4.78 is 0. The summed E-state index contributed by atoms with van der Waals surface area (Å²) in [6, 6.07) is 0. The first-order valence-electron chi connectivity index (χ1n) is 3.73. The van der Waals surface area contributed by atoms with Crippen LogP contribution in [0.1, 0.15) is 0 Å². The van der Waals surface area contributed by atoms with E-state index < -0.39 is 23.7 Å². The van der Waals surface area contributed by atoms with Crippen molar-refractivity contribution < 1.29 is 24.3 Å². The van der Waals surface area contributed by atoms with Gasteiger partial charge < -0.3 is 22.3 Å². The van der Waals surface area contributed by atoms with Crippen molar-refractivity contribution in [2.75, 3.05) is 0 Å². The SMILES string of the molecule is NC(=O)/C=C/C(=O)O.NC(=O)/C=C/C(N)=O. The predicted octanol–water partition coefficient (Wildman–Crippen LogP) is -2.37. The van der Waals surface area contributed by atoms with Gasteiger partial charge in [0.2, 0.25) is 17.7 Å². The number of hydrogen-bond donors (Lipinski definition) is 4. The smallest absolute Gasteiger partial charge is 0.328 e. The molecular weight excluding hydrogens is 218 g/mol. The maximum atomic E-state index is 9.83. The van der Waals surface area contributed by atoms with E-state index in [1.54, 1.807) is 0 Å². The van der Waals surface area contributed by atoms with Crippen molar-refractivity contribution in [2.24, 2.45) is 17.2 Å². The van der Waals surface area contributed by atoms with Gasteiger partial charge in [-0.15, -0.1) is 0 Å². The average Bonchev–Trinajstić information content (AvgIpc) is 2.12. The molecule has 0 heterocycles. The molecule has 0 aliphatic carbocycles. The number of aliphatic carboxylic acids is 1. The Labute approximate surface area is 90.4 Å². The molecule has 8 heteroatoms. The highest BCUT2D eigenvalue weighted by molar-refractivity contribution is 5.95. The summed E-state index contributed by atoms with van der Waals surface area (Å²) in [5, 5.41) is 7.87. The van der Waals surface area contributed by atoms with Gasteiger partial charge in [0.05, 0.1) is 0 Å². The Kier molecular flexibility index (Phi) is 8.83. The van der Waals surface area contributed by atoms with Gasteiger partial charge in [0, 0.05) is 24.3 Å². The number of nitrogens with two attached hydrogens (primary N) is 3. The normalized spacial score (nSPS) is 9.50. The highest BCUT2D eigenvalue weighted by atomic mass is 16.4. The Hall–Kier alpha value is -2.64. The van der Waals surface area contributed by atoms with Gasteiger partial charge >= 0.3 is 5.97 Å². The molecule has 8 nitrogen and oxygen atoms in total. The van der Waals surface area contributed by atoms with Gasteiger partial charge in [0.15, 0.2) is 0 Å². The van der Waals surface area contributed by atoms with Crippen LogP contribution in [0, 0.1) is 0 Å². The number of carbonyl (C=O) groups excluding carboxylic acids is 3. The van der Waals surface area contributed by atoms with E-state index in [9.17, 15) is 19.2 Å². The van der Waals surface area contributed by atoms with E-state index in [0.29, 0.717) is 6.08 Å². The van der Waals surface area contributed by atoms with Gasteiger partial charge in [-0.2, -0.15) is 0 Å². The lowest BCUT2D eigenvalue weighted by atomic mass is 10.5. The highest BCUT2D eigenvalue weighted by Crippen LogP contribution is 1.68. The lowest BCUT2D eigenvalue weighted by molar-refractivity contribution is -0.131. The second-order valence-corrected chi connectivity index (χ2v) is 2.21. The maximum absolute atomic E-state index is 9.83. The van der Waals surface area contributed by atoms with Gasteiger partial charge in [-0.3, -0.25) is 14.4 Å². The molecule has 0 spiro atoms. The van der Waals surface area contributed by atoms with Crippen molar-refractivity contribution >= 4 is 23.7 Å². The first-order valence-corrected chi connectivity index (χ1v) is 3.73. The van der Waals surface area contributed by atoms with Crippen molar-refractivity contribution in [1.82, 2.24) is 0 Å². The summed E-state index contributed by atoms with van der Waals surface area (Å²) in [5.41, 5.74) is 13.8. The molecule has 0 aromatic carbocycles. The molecule has 16 heavy (non-hydrogen) atoms. The monoisotopic (exact) mass is 229 g/mol. The van der Waals surface area contributed by atoms with Crippen LogP contribution in [0.15, 0.2) is 24.3 Å². The Morgan fingerprint density at radius 3 is 1.06 bits per heavy atom. The molecular formula is C8H11N3O5. The molecule has 0 aromatic rings. The molecule has 0 aromatic heterocycles. The molecule has 0 saturated heterocycles. The molecule has 0 aliphatic rings. The number of primary amides is 3. The van der Waals surface area contributed by atoms with Gasteiger partial charge in [-0.05, 0) is 0 Å². The Balaban J connectivity index is 0. The van der Waals surface area contributed by atoms with Gasteiger partial charge in [-0.25, -0.2) is 4.79 Å². The molecule has 0 unspecified atom stereocenters. The van der Waals surface area contributed by atoms with Crippen LogP contribution in [-0.4, -0.2) is 28.8 Å². The van der Waals surface area contributed by atoms with E-state index in [1.807, 2.05) is 0 Å². The summed E-state index contributed by atoms with van der Waals surface area (Å²) in [5.74, 6) is -3.29. The Morgan fingerprint density at radius 1 is 0.688 bits per heavy atom. The van der Waals surface area contributed by atoms with E-state index in [1.165, 1.54) is 0 Å². The fraction of sp³-hybridized carbons (Fsp3) is 0. The quantitative estimate of drug-likeness (QED) is 0.394. The van der Waals surface area contributed by atoms with Crippen LogP contribution in [0.4, 0.5) is 0 Å². The summed E-state index contributed by atoms with van der Waals surface area (Å²) in [7, 11) is 0. The van der Waals surface area contributed by atoms with Crippen LogP contribution in [-0.2, 0) is 19.2 Å². The minimum atomic E-state index is -1.18. The van der Waals surface area contributed by atoms with Gasteiger partial charge in [0.1, 0.15) is 0 Å². The fourth-order valence-electron chi connectivity index (χ4n) is 0.318. The molecule has 7 N–H and O–H groups in total. The van der Waals surface area contributed by atoms with Crippen LogP contribution in [0.5, 0.6) is 0 Å². The number of amides is 3. The summed E-state index contributed by atoms with van der Waals surface area (Å²) >= 11 is 0. The number of carboxylic acid groups (broad SMARTS) is 1. The Bertz CT molecular complexity index is 280. The van der Waals surface area contributed by atoms with E-state index in [0.717, 1.165) is 18.2 Å². The largest absolute Gasteiger partial charge is 0.478 e. The number of rotatable bonds is 4. The first kappa shape index (κ1) is 15.8. The van der Waals surface area contributed by atoms with Crippen molar-refractivity contribution in [2.45, 2.75) is 0 Å². The highest BCUT2D eigenvalue weighted by Gasteiger charge is 1.86. The number of carboxylic acids is 1. The molecule has 0 radical (unpaired) electrons. The number of carbonyl (C=O) groups is 4. The molecule has 0 rings (SSSR count). The van der Waals surface area contributed by atoms with E-state index in [4.69, 9.17) is 5.11 Å². The molecule has 3 amide bonds. The first-order chi connectivity index (χ1) is 7.25. The third kappa shape index (κ3) is 22.5. The summed E-state index contributed by atoms with van der Waals surface area (Å²) in [6.45, 7) is 0. The minimum absolute atomic E-state index is 0.677. The molecule has 0 fully saturated rings. The molecule has 88 valence electrons. The second-order valence-electron chi connectivity index (χ2n) is 2.21. The molecule has 0 aliphatic heterocycles. The zero-order chi connectivity index (χ0) is 13.1. The van der Waals surface area contributed by atoms with E-state index in [2.05, 4.69) is 17.2 Å². The summed E-state index contributed by atoms with van der Waals surface area (Å²) in [4.78, 5) is 39.0. The van der Waals surface area contributed by atoms with Crippen LogP contribution < -0.4 is 17.2 Å². The third-order valence-corrected chi connectivity index (χ3v) is 0.802. The van der Waals surface area contributed by atoms with Gasteiger partial charge in [0.25, 0.3) is 0 Å². The zero-order valence-corrected chi connectivity index (χ0v) is 8.12.